The molecule has 0 atom stereocenters. The van der Waals surface area contributed by atoms with Crippen molar-refractivity contribution in [3.63, 3.8) is 0 Å². The van der Waals surface area contributed by atoms with Crippen molar-refractivity contribution in [3.8, 4) is 0 Å². The van der Waals surface area contributed by atoms with Gasteiger partial charge in [-0.15, -0.1) is 0 Å². The van der Waals surface area contributed by atoms with E-state index < -0.39 is 0 Å². The van der Waals surface area contributed by atoms with Gasteiger partial charge >= 0.3 is 0 Å². The second kappa shape index (κ2) is 3.85. The fraction of sp³-hybridized carbons (Fsp3) is 0.333. The predicted octanol–water partition coefficient (Wildman–Crippen LogP) is 2.26. The van der Waals surface area contributed by atoms with Gasteiger partial charge in [0.05, 0.1) is 5.52 Å². The van der Waals surface area contributed by atoms with Crippen LogP contribution in [-0.2, 0) is 6.42 Å². The molecule has 0 bridgehead atoms. The van der Waals surface area contributed by atoms with Crippen LogP contribution in [0.5, 0.6) is 0 Å². The van der Waals surface area contributed by atoms with Gasteiger partial charge in [0.25, 0.3) is 0 Å². The highest BCUT2D eigenvalue weighted by molar-refractivity contribution is 5.89. The first-order chi connectivity index (χ1) is 7.22. The predicted molar refractivity (Wildman–Crippen MR) is 63.2 cm³/mol. The van der Waals surface area contributed by atoms with Crippen molar-refractivity contribution in [2.45, 2.75) is 13.3 Å². The maximum atomic E-state index is 4.53. The van der Waals surface area contributed by atoms with Crippen LogP contribution in [-0.4, -0.2) is 24.1 Å². The van der Waals surface area contributed by atoms with E-state index in [0.29, 0.717) is 0 Å². The van der Waals surface area contributed by atoms with Gasteiger partial charge in [0.2, 0.25) is 0 Å². The minimum atomic E-state index is 0.867. The van der Waals surface area contributed by atoms with Crippen molar-refractivity contribution in [2.75, 3.05) is 19.0 Å². The van der Waals surface area contributed by atoms with Gasteiger partial charge in [0, 0.05) is 25.9 Å². The maximum absolute atomic E-state index is 4.53. The fourth-order valence-electron chi connectivity index (χ4n) is 1.61. The zero-order valence-electron chi connectivity index (χ0n) is 9.36. The number of aryl methyl sites for hydroxylation is 1. The number of rotatable bonds is 2. The number of benzene rings is 1. The second-order valence-electron chi connectivity index (χ2n) is 3.73. The quantitative estimate of drug-likeness (QED) is 0.746. The Hall–Kier alpha value is -1.64. The first kappa shape index (κ1) is 9.90. The van der Waals surface area contributed by atoms with Crippen molar-refractivity contribution in [1.29, 1.82) is 0 Å². The summed E-state index contributed by atoms with van der Waals surface area (Å²) in [6, 6.07) is 8.12. The molecule has 0 aliphatic rings. The summed E-state index contributed by atoms with van der Waals surface area (Å²) < 4.78 is 0. The number of aromatic nitrogens is 2. The highest BCUT2D eigenvalue weighted by atomic mass is 15.1. The van der Waals surface area contributed by atoms with E-state index in [2.05, 4.69) is 23.0 Å². The molecule has 0 amide bonds. The third-order valence-electron chi connectivity index (χ3n) is 2.37. The summed E-state index contributed by atoms with van der Waals surface area (Å²) in [6.07, 6.45) is 0.867. The van der Waals surface area contributed by atoms with E-state index in [1.165, 1.54) is 0 Å². The Labute approximate surface area is 89.8 Å². The molecular weight excluding hydrogens is 186 g/mol. The van der Waals surface area contributed by atoms with Gasteiger partial charge in [0.15, 0.2) is 0 Å². The molecule has 1 aromatic heterocycles. The van der Waals surface area contributed by atoms with Crippen LogP contribution in [0.3, 0.4) is 0 Å². The molecule has 2 rings (SSSR count). The smallest absolute Gasteiger partial charge is 0.139 e. The Morgan fingerprint density at radius 2 is 1.87 bits per heavy atom. The topological polar surface area (TPSA) is 29.0 Å². The minimum absolute atomic E-state index is 0.867. The van der Waals surface area contributed by atoms with Gasteiger partial charge < -0.3 is 4.90 Å². The minimum Gasteiger partial charge on any atom is -0.362 e. The summed E-state index contributed by atoms with van der Waals surface area (Å²) in [5.41, 5.74) is 1.02. The highest BCUT2D eigenvalue weighted by Crippen LogP contribution is 2.21. The summed E-state index contributed by atoms with van der Waals surface area (Å²) in [6.45, 7) is 2.07. The standard InChI is InChI=1S/C12H15N3/c1-4-11-13-10-8-6-5-7-9(10)12(14-11)15(2)3/h5-8H,4H2,1-3H3. The van der Waals surface area contributed by atoms with E-state index in [-0.39, 0.29) is 0 Å². The molecule has 2 aromatic rings. The summed E-state index contributed by atoms with van der Waals surface area (Å²) in [4.78, 5) is 11.1. The van der Waals surface area contributed by atoms with Crippen LogP contribution in [0, 0.1) is 0 Å². The Kier molecular flexibility index (Phi) is 2.54. The Morgan fingerprint density at radius 3 is 2.53 bits per heavy atom. The zero-order chi connectivity index (χ0) is 10.8. The number of hydrogen-bond donors (Lipinski definition) is 0. The van der Waals surface area contributed by atoms with Crippen LogP contribution in [0.2, 0.25) is 0 Å². The van der Waals surface area contributed by atoms with Crippen molar-refractivity contribution in [1.82, 2.24) is 9.97 Å². The first-order valence-electron chi connectivity index (χ1n) is 5.15. The molecule has 0 radical (unpaired) electrons. The summed E-state index contributed by atoms with van der Waals surface area (Å²) in [5.74, 6) is 1.90. The van der Waals surface area contributed by atoms with Gasteiger partial charge in [-0.25, -0.2) is 9.97 Å². The van der Waals surface area contributed by atoms with Gasteiger partial charge in [0.1, 0.15) is 11.6 Å². The zero-order valence-corrected chi connectivity index (χ0v) is 9.36. The largest absolute Gasteiger partial charge is 0.362 e. The first-order valence-corrected chi connectivity index (χ1v) is 5.15. The Morgan fingerprint density at radius 1 is 1.13 bits per heavy atom. The molecular formula is C12H15N3. The number of hydrogen-bond acceptors (Lipinski definition) is 3. The molecule has 15 heavy (non-hydrogen) atoms. The third-order valence-corrected chi connectivity index (χ3v) is 2.37. The lowest BCUT2D eigenvalue weighted by Gasteiger charge is -2.14. The average molecular weight is 201 g/mol. The van der Waals surface area contributed by atoms with Crippen LogP contribution in [0.25, 0.3) is 10.9 Å². The van der Waals surface area contributed by atoms with E-state index in [0.717, 1.165) is 29.0 Å². The van der Waals surface area contributed by atoms with E-state index >= 15 is 0 Å². The molecule has 0 N–H and O–H groups in total. The van der Waals surface area contributed by atoms with E-state index in [9.17, 15) is 0 Å². The average Bonchev–Trinajstić information content (AvgIpc) is 2.27. The van der Waals surface area contributed by atoms with E-state index in [1.54, 1.807) is 0 Å². The number of anilines is 1. The van der Waals surface area contributed by atoms with Crippen LogP contribution in [0.1, 0.15) is 12.7 Å². The molecule has 0 fully saturated rings. The molecule has 0 saturated carbocycles. The number of para-hydroxylation sites is 1. The fourth-order valence-corrected chi connectivity index (χ4v) is 1.61. The molecule has 0 aliphatic heterocycles. The molecule has 0 spiro atoms. The molecule has 1 heterocycles. The summed E-state index contributed by atoms with van der Waals surface area (Å²) >= 11 is 0. The van der Waals surface area contributed by atoms with Crippen molar-refractivity contribution in [2.24, 2.45) is 0 Å². The SMILES string of the molecule is CCc1nc(N(C)C)c2ccccc2n1. The lowest BCUT2D eigenvalue weighted by Crippen LogP contribution is -2.13. The lowest BCUT2D eigenvalue weighted by molar-refractivity contribution is 0.938. The number of nitrogens with zero attached hydrogens (tertiary/aromatic N) is 3. The summed E-state index contributed by atoms with van der Waals surface area (Å²) in [7, 11) is 4.02. The van der Waals surface area contributed by atoms with Gasteiger partial charge in [-0.3, -0.25) is 0 Å². The van der Waals surface area contributed by atoms with Gasteiger partial charge in [-0.05, 0) is 12.1 Å². The normalized spacial score (nSPS) is 10.6. The molecule has 1 aromatic carbocycles. The molecule has 78 valence electrons. The maximum Gasteiger partial charge on any atom is 0.139 e. The molecule has 0 aliphatic carbocycles. The van der Waals surface area contributed by atoms with Gasteiger partial charge in [-0.2, -0.15) is 0 Å². The van der Waals surface area contributed by atoms with Crippen molar-refractivity contribution < 1.29 is 0 Å². The molecule has 3 nitrogen and oxygen atoms in total. The monoisotopic (exact) mass is 201 g/mol. The van der Waals surface area contributed by atoms with Crippen molar-refractivity contribution >= 4 is 16.7 Å². The van der Waals surface area contributed by atoms with E-state index in [4.69, 9.17) is 0 Å². The number of fused-ring (bicyclic) bond motifs is 1. The van der Waals surface area contributed by atoms with Gasteiger partial charge in [-0.1, -0.05) is 19.1 Å². The van der Waals surface area contributed by atoms with E-state index in [1.807, 2.05) is 37.2 Å². The van der Waals surface area contributed by atoms with Crippen LogP contribution < -0.4 is 4.90 Å². The van der Waals surface area contributed by atoms with Crippen LogP contribution in [0.4, 0.5) is 5.82 Å². The summed E-state index contributed by atoms with van der Waals surface area (Å²) in [5, 5.41) is 1.11. The lowest BCUT2D eigenvalue weighted by atomic mass is 10.2. The molecule has 3 heteroatoms. The molecule has 0 unspecified atom stereocenters. The van der Waals surface area contributed by atoms with Crippen LogP contribution in [0.15, 0.2) is 24.3 Å². The highest BCUT2D eigenvalue weighted by Gasteiger charge is 2.07. The Bertz CT molecular complexity index is 477. The second-order valence-corrected chi connectivity index (χ2v) is 3.73. The van der Waals surface area contributed by atoms with Crippen molar-refractivity contribution in [3.05, 3.63) is 30.1 Å². The van der Waals surface area contributed by atoms with Crippen LogP contribution >= 0.6 is 0 Å². The Balaban J connectivity index is 2.74. The molecule has 0 saturated heterocycles. The third kappa shape index (κ3) is 1.77.